The van der Waals surface area contributed by atoms with Crippen molar-refractivity contribution in [2.24, 2.45) is 7.05 Å². The van der Waals surface area contributed by atoms with Crippen LogP contribution in [0.5, 0.6) is 5.75 Å². The summed E-state index contributed by atoms with van der Waals surface area (Å²) >= 11 is 6.46. The van der Waals surface area contributed by atoms with Gasteiger partial charge in [-0.1, -0.05) is 28.9 Å². The number of ether oxygens (including phenoxy) is 1. The fourth-order valence-electron chi connectivity index (χ4n) is 3.59. The van der Waals surface area contributed by atoms with Crippen molar-refractivity contribution in [3.63, 3.8) is 0 Å². The lowest BCUT2D eigenvalue weighted by Gasteiger charge is -2.16. The third-order valence-electron chi connectivity index (χ3n) is 5.29. The summed E-state index contributed by atoms with van der Waals surface area (Å²) in [7, 11) is 3.38. The SMILES string of the molecule is COc1ccc(Cn2c(Nc3cc4cn(C)nc4cc3Cl)nc(=O)n(Cc3nn[nH]n3)c2=O)cc1. The molecule has 5 rings (SSSR count). The summed E-state index contributed by atoms with van der Waals surface area (Å²) in [5.41, 5.74) is 0.593. The third kappa shape index (κ3) is 4.48. The van der Waals surface area contributed by atoms with Gasteiger partial charge in [-0.15, -0.1) is 10.2 Å². The number of methoxy groups -OCH3 is 1. The maximum absolute atomic E-state index is 13.4. The van der Waals surface area contributed by atoms with Gasteiger partial charge in [0.2, 0.25) is 5.95 Å². The van der Waals surface area contributed by atoms with Gasteiger partial charge in [-0.05, 0) is 29.8 Å². The van der Waals surface area contributed by atoms with Crippen LogP contribution in [0.3, 0.4) is 0 Å². The van der Waals surface area contributed by atoms with Crippen LogP contribution in [0.2, 0.25) is 5.02 Å². The Bertz CT molecular complexity index is 1620. The van der Waals surface area contributed by atoms with Crippen molar-refractivity contribution in [3.8, 4) is 5.75 Å². The van der Waals surface area contributed by atoms with Gasteiger partial charge in [-0.2, -0.15) is 15.3 Å². The molecule has 5 aromatic rings. The minimum Gasteiger partial charge on any atom is -0.497 e. The van der Waals surface area contributed by atoms with E-state index < -0.39 is 11.4 Å². The Labute approximate surface area is 201 Å². The van der Waals surface area contributed by atoms with Crippen LogP contribution in [0.4, 0.5) is 11.6 Å². The van der Waals surface area contributed by atoms with E-state index in [2.05, 4.69) is 36.0 Å². The highest BCUT2D eigenvalue weighted by Gasteiger charge is 2.17. The van der Waals surface area contributed by atoms with E-state index >= 15 is 0 Å². The smallest absolute Gasteiger partial charge is 0.355 e. The van der Waals surface area contributed by atoms with E-state index in [0.717, 1.165) is 15.5 Å². The number of nitrogens with zero attached hydrogens (tertiary/aromatic N) is 8. The van der Waals surface area contributed by atoms with E-state index in [-0.39, 0.29) is 24.9 Å². The van der Waals surface area contributed by atoms with E-state index in [0.29, 0.717) is 22.0 Å². The van der Waals surface area contributed by atoms with E-state index in [1.54, 1.807) is 43.1 Å². The topological polar surface area (TPSA) is 150 Å². The molecule has 0 saturated heterocycles. The number of benzene rings is 2. The van der Waals surface area contributed by atoms with Crippen LogP contribution < -0.4 is 21.4 Å². The largest absolute Gasteiger partial charge is 0.497 e. The summed E-state index contributed by atoms with van der Waals surface area (Å²) in [6.07, 6.45) is 1.83. The lowest BCUT2D eigenvalue weighted by Crippen LogP contribution is -2.43. The summed E-state index contributed by atoms with van der Waals surface area (Å²) < 4.78 is 9.15. The first kappa shape index (κ1) is 22.3. The van der Waals surface area contributed by atoms with Crippen LogP contribution in [-0.2, 0) is 20.1 Å². The summed E-state index contributed by atoms with van der Waals surface area (Å²) in [5, 5.41) is 22.0. The fourth-order valence-corrected chi connectivity index (χ4v) is 3.80. The number of tetrazole rings is 1. The first-order valence-corrected chi connectivity index (χ1v) is 10.8. The maximum Gasteiger partial charge on any atom is 0.355 e. The zero-order valence-corrected chi connectivity index (χ0v) is 19.4. The zero-order valence-electron chi connectivity index (χ0n) is 18.6. The number of nitrogens with one attached hydrogen (secondary N) is 2. The van der Waals surface area contributed by atoms with Gasteiger partial charge in [0.25, 0.3) is 0 Å². The standard InChI is InChI=1S/C21H19ClN10O3/c1-30-10-13-7-17(15(22)8-16(13)27-30)23-19-24-20(33)32(11-18-25-28-29-26-18)21(34)31(19)9-12-3-5-14(35-2)6-4-12/h3-8,10H,9,11H2,1-2H3,(H,23,24,33)(H,25,26,28,29). The molecule has 3 aromatic heterocycles. The fraction of sp³-hybridized carbons (Fsp3) is 0.190. The molecule has 0 aliphatic heterocycles. The number of aromatic nitrogens is 9. The van der Waals surface area contributed by atoms with Crippen molar-refractivity contribution >= 4 is 34.1 Å². The Morgan fingerprint density at radius 3 is 2.63 bits per heavy atom. The van der Waals surface area contributed by atoms with E-state index in [1.165, 1.54) is 4.57 Å². The van der Waals surface area contributed by atoms with Gasteiger partial charge in [0.15, 0.2) is 5.82 Å². The number of H-pyrrole nitrogens is 1. The number of halogens is 1. The van der Waals surface area contributed by atoms with Gasteiger partial charge in [0.1, 0.15) is 5.75 Å². The van der Waals surface area contributed by atoms with Crippen molar-refractivity contribution in [2.75, 3.05) is 12.4 Å². The van der Waals surface area contributed by atoms with Gasteiger partial charge in [-0.3, -0.25) is 9.25 Å². The normalized spacial score (nSPS) is 11.2. The van der Waals surface area contributed by atoms with Crippen LogP contribution in [0, 0.1) is 0 Å². The summed E-state index contributed by atoms with van der Waals surface area (Å²) in [6, 6.07) is 10.7. The molecule has 0 amide bonds. The van der Waals surface area contributed by atoms with Gasteiger partial charge < -0.3 is 10.1 Å². The molecule has 0 aliphatic rings. The number of fused-ring (bicyclic) bond motifs is 1. The third-order valence-corrected chi connectivity index (χ3v) is 5.61. The molecule has 2 aromatic carbocycles. The number of hydrogen-bond acceptors (Lipinski definition) is 9. The Morgan fingerprint density at radius 2 is 1.91 bits per heavy atom. The molecule has 0 fully saturated rings. The number of rotatable bonds is 7. The average molecular weight is 495 g/mol. The molecule has 0 unspecified atom stereocenters. The van der Waals surface area contributed by atoms with Crippen LogP contribution >= 0.6 is 11.6 Å². The van der Waals surface area contributed by atoms with Crippen molar-refractivity contribution in [3.05, 3.63) is 80.0 Å². The maximum atomic E-state index is 13.4. The van der Waals surface area contributed by atoms with Crippen molar-refractivity contribution < 1.29 is 4.74 Å². The van der Waals surface area contributed by atoms with Crippen molar-refractivity contribution in [1.29, 1.82) is 0 Å². The van der Waals surface area contributed by atoms with E-state index in [4.69, 9.17) is 16.3 Å². The van der Waals surface area contributed by atoms with E-state index in [1.807, 2.05) is 18.3 Å². The second-order valence-corrected chi connectivity index (χ2v) is 8.07. The van der Waals surface area contributed by atoms with Gasteiger partial charge in [-0.25, -0.2) is 14.2 Å². The Kier molecular flexibility index (Phi) is 5.74. The summed E-state index contributed by atoms with van der Waals surface area (Å²) in [4.78, 5) is 30.4. The van der Waals surface area contributed by atoms with Gasteiger partial charge in [0, 0.05) is 18.6 Å². The Hall–Kier alpha value is -4.52. The first-order valence-electron chi connectivity index (χ1n) is 10.4. The summed E-state index contributed by atoms with van der Waals surface area (Å²) in [6.45, 7) is -0.0656. The molecule has 2 N–H and O–H groups in total. The van der Waals surface area contributed by atoms with Crippen LogP contribution in [-0.4, -0.2) is 51.6 Å². The lowest BCUT2D eigenvalue weighted by atomic mass is 10.2. The molecule has 0 radical (unpaired) electrons. The van der Waals surface area contributed by atoms with Gasteiger partial charge >= 0.3 is 11.4 Å². The second-order valence-electron chi connectivity index (χ2n) is 7.67. The number of aromatic amines is 1. The molecular formula is C21H19ClN10O3. The predicted octanol–water partition coefficient (Wildman–Crippen LogP) is 1.31. The number of hydrogen-bond donors (Lipinski definition) is 2. The first-order chi connectivity index (χ1) is 16.9. The molecule has 0 aliphatic carbocycles. The molecule has 0 bridgehead atoms. The molecule has 3 heterocycles. The van der Waals surface area contributed by atoms with Crippen LogP contribution in [0.25, 0.3) is 10.9 Å². The quantitative estimate of drug-likeness (QED) is 0.341. The monoisotopic (exact) mass is 494 g/mol. The van der Waals surface area contributed by atoms with Crippen molar-refractivity contribution in [1.82, 2.24) is 44.5 Å². The molecule has 14 heteroatoms. The summed E-state index contributed by atoms with van der Waals surface area (Å²) in [5.74, 6) is 0.884. The Morgan fingerprint density at radius 1 is 1.11 bits per heavy atom. The zero-order chi connectivity index (χ0) is 24.5. The molecule has 13 nitrogen and oxygen atoms in total. The molecule has 0 atom stereocenters. The lowest BCUT2D eigenvalue weighted by molar-refractivity contribution is 0.414. The molecule has 35 heavy (non-hydrogen) atoms. The van der Waals surface area contributed by atoms with E-state index in [9.17, 15) is 9.59 Å². The average Bonchev–Trinajstić information content (AvgIpc) is 3.48. The Balaban J connectivity index is 1.60. The van der Waals surface area contributed by atoms with Crippen molar-refractivity contribution in [2.45, 2.75) is 13.1 Å². The number of anilines is 2. The highest BCUT2D eigenvalue weighted by molar-refractivity contribution is 6.34. The highest BCUT2D eigenvalue weighted by atomic mass is 35.5. The minimum atomic E-state index is -0.771. The van der Waals surface area contributed by atoms with Gasteiger partial charge in [0.05, 0.1) is 36.4 Å². The molecule has 178 valence electrons. The van der Waals surface area contributed by atoms with Crippen LogP contribution in [0.15, 0.2) is 52.2 Å². The molecular weight excluding hydrogens is 476 g/mol. The second kappa shape index (κ2) is 9.02. The molecule has 0 saturated carbocycles. The molecule has 0 spiro atoms. The highest BCUT2D eigenvalue weighted by Crippen LogP contribution is 2.29. The van der Waals surface area contributed by atoms with Crippen LogP contribution in [0.1, 0.15) is 11.4 Å². The minimum absolute atomic E-state index is 0.0327. The predicted molar refractivity (Wildman–Crippen MR) is 127 cm³/mol. The number of aryl methyl sites for hydroxylation is 1.